The van der Waals surface area contributed by atoms with Gasteiger partial charge in [-0.15, -0.1) is 0 Å². The molecule has 6 heteroatoms. The second-order valence-corrected chi connectivity index (χ2v) is 19.3. The minimum absolute atomic E-state index is 0.926. The molecule has 0 atom stereocenters. The van der Waals surface area contributed by atoms with Crippen LogP contribution in [0.5, 0.6) is 0 Å². The largest absolute Gasteiger partial charge is 0.349 e. The molecule has 4 nitrogen and oxygen atoms in total. The molecule has 0 saturated carbocycles. The molecule has 0 saturated heterocycles. The smallest absolute Gasteiger partial charge is 0.0667 e. The Kier molecular flexibility index (Phi) is 10.1. The zero-order valence-corrected chi connectivity index (χ0v) is 32.3. The van der Waals surface area contributed by atoms with Crippen molar-refractivity contribution in [1.82, 2.24) is 9.80 Å². The first kappa shape index (κ1) is 35.1. The Labute approximate surface area is 319 Å². The molecule has 0 fully saturated rings. The molecule has 6 aromatic carbocycles. The maximum absolute atomic E-state index is 5.83. The Morgan fingerprint density at radius 1 is 0.333 bits per heavy atom. The van der Waals surface area contributed by atoms with Crippen LogP contribution in [0.4, 0.5) is 0 Å². The van der Waals surface area contributed by atoms with E-state index in [1.54, 1.807) is 0 Å². The number of hydrogen-bond acceptors (Lipinski definition) is 4. The van der Waals surface area contributed by atoms with Gasteiger partial charge in [-0.2, -0.15) is 0 Å². The maximum atomic E-state index is 5.83. The summed E-state index contributed by atoms with van der Waals surface area (Å²) < 4.78 is 11.7. The molecule has 0 N–H and O–H groups in total. The van der Waals surface area contributed by atoms with Gasteiger partial charge in [0.25, 0.3) is 0 Å². The van der Waals surface area contributed by atoms with E-state index < -0.39 is 14.1 Å². The molecule has 0 aliphatic carbocycles. The first-order valence-electron chi connectivity index (χ1n) is 18.2. The Bertz CT molecular complexity index is 2120. The molecule has 0 spiro atoms. The first-order valence-corrected chi connectivity index (χ1v) is 21.6. The monoisotopic (exact) mass is 736 g/mol. The van der Waals surface area contributed by atoms with Crippen LogP contribution >= 0.6 is 14.1 Å². The number of nitrogens with zero attached hydrogens (tertiary/aromatic N) is 4. The average Bonchev–Trinajstić information content (AvgIpc) is 3.25. The fourth-order valence-electron chi connectivity index (χ4n) is 7.20. The molecule has 0 amide bonds. The van der Waals surface area contributed by atoms with Gasteiger partial charge < -0.3 is 9.80 Å². The van der Waals surface area contributed by atoms with Crippen LogP contribution in [0.2, 0.25) is 0 Å². The van der Waals surface area contributed by atoms with Gasteiger partial charge in [0.2, 0.25) is 0 Å². The lowest BCUT2D eigenvalue weighted by Crippen LogP contribution is -2.26. The standard InChI is InChI=1S/C48H42N4P2/c1-51-35-33-39(49-53(41-21-9-3-10-22-41,42-23-11-4-12-24-42)43-25-13-5-14-26-43)37-47(51)48-38-40(34-36-52(48)2)50-54(44-27-15-6-16-28-44,45-29-17-7-18-30-45)46-31-19-8-20-32-46/h3-38H,1-2H3/b48-47+. The SMILES string of the molecule is CN1C=CC(N=P(c2ccccc2)(c2ccccc2)c2ccccc2)=C/C1=C1/C=C(N=P(c2ccccc2)(c2ccccc2)c2ccccc2)C=CN1C. The van der Waals surface area contributed by atoms with Crippen LogP contribution < -0.4 is 31.8 Å². The molecule has 264 valence electrons. The van der Waals surface area contributed by atoms with Crippen LogP contribution in [0.3, 0.4) is 0 Å². The summed E-state index contributed by atoms with van der Waals surface area (Å²) in [6.07, 6.45) is 13.0. The van der Waals surface area contributed by atoms with E-state index in [-0.39, 0.29) is 0 Å². The highest BCUT2D eigenvalue weighted by atomic mass is 31.2. The van der Waals surface area contributed by atoms with Gasteiger partial charge in [0.05, 0.1) is 36.9 Å². The zero-order chi connectivity index (χ0) is 36.8. The van der Waals surface area contributed by atoms with Crippen molar-refractivity contribution < 1.29 is 0 Å². The molecular formula is C48H42N4P2. The molecule has 0 aromatic heterocycles. The van der Waals surface area contributed by atoms with Crippen molar-refractivity contribution in [3.8, 4) is 0 Å². The van der Waals surface area contributed by atoms with Crippen molar-refractivity contribution >= 4 is 45.9 Å². The Morgan fingerprint density at radius 2 is 0.556 bits per heavy atom. The fourth-order valence-corrected chi connectivity index (χ4v) is 14.2. The van der Waals surface area contributed by atoms with Gasteiger partial charge >= 0.3 is 0 Å². The van der Waals surface area contributed by atoms with Gasteiger partial charge in [0.1, 0.15) is 0 Å². The molecule has 6 aromatic rings. The topological polar surface area (TPSA) is 31.2 Å². The van der Waals surface area contributed by atoms with Gasteiger partial charge in [-0.3, -0.25) is 9.49 Å². The van der Waals surface area contributed by atoms with E-state index in [2.05, 4.69) is 243 Å². The van der Waals surface area contributed by atoms with Crippen molar-refractivity contribution in [3.63, 3.8) is 0 Å². The van der Waals surface area contributed by atoms with Crippen molar-refractivity contribution in [2.75, 3.05) is 14.1 Å². The van der Waals surface area contributed by atoms with Gasteiger partial charge in [0, 0.05) is 58.3 Å². The van der Waals surface area contributed by atoms with E-state index in [0.29, 0.717) is 0 Å². The quantitative estimate of drug-likeness (QED) is 0.146. The van der Waals surface area contributed by atoms with Crippen LogP contribution in [0, 0.1) is 0 Å². The lowest BCUT2D eigenvalue weighted by atomic mass is 10.1. The molecule has 2 heterocycles. The third-order valence-electron chi connectivity index (χ3n) is 9.84. The third-order valence-corrected chi connectivity index (χ3v) is 17.2. The van der Waals surface area contributed by atoms with Crippen LogP contribution in [-0.2, 0) is 0 Å². The summed E-state index contributed by atoms with van der Waals surface area (Å²) in [7, 11) is -0.710. The minimum atomic E-state index is -2.46. The third kappa shape index (κ3) is 6.72. The predicted octanol–water partition coefficient (Wildman–Crippen LogP) is 9.24. The predicted molar refractivity (Wildman–Crippen MR) is 232 cm³/mol. The Morgan fingerprint density at radius 3 is 0.778 bits per heavy atom. The molecule has 0 bridgehead atoms. The first-order chi connectivity index (χ1) is 26.6. The zero-order valence-electron chi connectivity index (χ0n) is 30.5. The van der Waals surface area contributed by atoms with Gasteiger partial charge in [-0.1, -0.05) is 182 Å². The molecular weight excluding hydrogens is 695 g/mol. The maximum Gasteiger partial charge on any atom is 0.0667 e. The van der Waals surface area contributed by atoms with Crippen LogP contribution in [0.25, 0.3) is 0 Å². The lowest BCUT2D eigenvalue weighted by Gasteiger charge is -2.31. The van der Waals surface area contributed by atoms with Crippen LogP contribution in [0.1, 0.15) is 0 Å². The molecule has 2 aliphatic heterocycles. The summed E-state index contributed by atoms with van der Waals surface area (Å²) in [4.78, 5) is 4.36. The summed E-state index contributed by atoms with van der Waals surface area (Å²) in [6.45, 7) is 0. The van der Waals surface area contributed by atoms with Crippen molar-refractivity contribution in [1.29, 1.82) is 0 Å². The average molecular weight is 737 g/mol. The van der Waals surface area contributed by atoms with Crippen LogP contribution in [-0.4, -0.2) is 23.9 Å². The molecule has 54 heavy (non-hydrogen) atoms. The number of likely N-dealkylation sites (N-methyl/N-ethyl adjacent to an activating group) is 2. The fraction of sp³-hybridized carbons (Fsp3) is 0.0417. The second kappa shape index (κ2) is 15.6. The van der Waals surface area contributed by atoms with Gasteiger partial charge in [0.15, 0.2) is 0 Å². The minimum Gasteiger partial charge on any atom is -0.349 e. The van der Waals surface area contributed by atoms with E-state index in [4.69, 9.17) is 9.49 Å². The summed E-state index contributed by atoms with van der Waals surface area (Å²) in [6, 6.07) is 64.7. The number of hydrogen-bond donors (Lipinski definition) is 0. The number of benzene rings is 6. The Hall–Kier alpha value is -5.92. The Balaban J connectivity index is 1.36. The van der Waals surface area contributed by atoms with Gasteiger partial charge in [-0.05, 0) is 24.3 Å². The van der Waals surface area contributed by atoms with Crippen molar-refractivity contribution in [2.24, 2.45) is 9.49 Å². The van der Waals surface area contributed by atoms with Crippen molar-refractivity contribution in [2.45, 2.75) is 0 Å². The molecule has 2 aliphatic rings. The summed E-state index contributed by atoms with van der Waals surface area (Å²) in [5, 5.41) is 7.29. The van der Waals surface area contributed by atoms with E-state index in [1.165, 1.54) is 31.8 Å². The lowest BCUT2D eigenvalue weighted by molar-refractivity contribution is 0.511. The van der Waals surface area contributed by atoms with Crippen molar-refractivity contribution in [3.05, 3.63) is 241 Å². The highest BCUT2D eigenvalue weighted by molar-refractivity contribution is 7.87. The van der Waals surface area contributed by atoms with E-state index in [1.807, 2.05) is 0 Å². The number of allylic oxidation sites excluding steroid dienone is 4. The van der Waals surface area contributed by atoms with E-state index in [9.17, 15) is 0 Å². The van der Waals surface area contributed by atoms with E-state index >= 15 is 0 Å². The molecule has 0 radical (unpaired) electrons. The summed E-state index contributed by atoms with van der Waals surface area (Å²) >= 11 is 0. The number of rotatable bonds is 8. The molecule has 8 rings (SSSR count). The van der Waals surface area contributed by atoms with Gasteiger partial charge in [-0.25, -0.2) is 0 Å². The second-order valence-electron chi connectivity index (χ2n) is 13.2. The molecule has 0 unspecified atom stereocenters. The summed E-state index contributed by atoms with van der Waals surface area (Å²) in [5.74, 6) is 0. The highest BCUT2D eigenvalue weighted by Gasteiger charge is 2.30. The van der Waals surface area contributed by atoms with E-state index in [0.717, 1.165) is 22.8 Å². The van der Waals surface area contributed by atoms with Crippen LogP contribution in [0.15, 0.2) is 251 Å². The normalized spacial score (nSPS) is 15.7. The highest BCUT2D eigenvalue weighted by Crippen LogP contribution is 2.50. The summed E-state index contributed by atoms with van der Waals surface area (Å²) in [5.41, 5.74) is 3.95.